The molecule has 2 aromatic rings. The topological polar surface area (TPSA) is 41.1 Å². The maximum Gasteiger partial charge on any atom is 0.141 e. The van der Waals surface area contributed by atoms with Gasteiger partial charge >= 0.3 is 0 Å². The maximum absolute atomic E-state index is 5.08. The predicted octanol–water partition coefficient (Wildman–Crippen LogP) is 3.10. The summed E-state index contributed by atoms with van der Waals surface area (Å²) in [6.45, 7) is 6.64. The average molecular weight is 328 g/mol. The summed E-state index contributed by atoms with van der Waals surface area (Å²) in [5.41, 5.74) is 1.57. The van der Waals surface area contributed by atoms with Crippen molar-refractivity contribution in [1.29, 1.82) is 0 Å². The molecule has 1 saturated heterocycles. The zero-order valence-electron chi connectivity index (χ0n) is 13.8. The van der Waals surface area contributed by atoms with Gasteiger partial charge < -0.3 is 10.2 Å². The molecule has 0 radical (unpaired) electrons. The summed E-state index contributed by atoms with van der Waals surface area (Å²) in [6.07, 6.45) is 6.30. The quantitative estimate of drug-likeness (QED) is 0.920. The zero-order valence-corrected chi connectivity index (χ0v) is 14.6. The van der Waals surface area contributed by atoms with Crippen molar-refractivity contribution in [2.75, 3.05) is 31.1 Å². The number of thiophene rings is 1. The fourth-order valence-corrected chi connectivity index (χ4v) is 5.35. The number of fused-ring (bicyclic) bond motifs is 3. The van der Waals surface area contributed by atoms with E-state index in [0.717, 1.165) is 37.9 Å². The lowest BCUT2D eigenvalue weighted by Crippen LogP contribution is -2.44. The molecule has 4 nitrogen and oxygen atoms in total. The highest BCUT2D eigenvalue weighted by Gasteiger charge is 2.31. The van der Waals surface area contributed by atoms with E-state index in [-0.39, 0.29) is 0 Å². The largest absolute Gasteiger partial charge is 0.353 e. The molecule has 1 atom stereocenters. The van der Waals surface area contributed by atoms with Crippen LogP contribution < -0.4 is 10.2 Å². The normalized spacial score (nSPS) is 24.9. The predicted molar refractivity (Wildman–Crippen MR) is 95.7 cm³/mol. The summed E-state index contributed by atoms with van der Waals surface area (Å²) in [4.78, 5) is 15.4. The fraction of sp³-hybridized carbons (Fsp3) is 0.667. The van der Waals surface area contributed by atoms with Gasteiger partial charge in [-0.25, -0.2) is 9.97 Å². The number of hydrogen-bond donors (Lipinski definition) is 1. The van der Waals surface area contributed by atoms with Crippen LogP contribution in [0.3, 0.4) is 0 Å². The Kier molecular flexibility index (Phi) is 3.34. The van der Waals surface area contributed by atoms with Gasteiger partial charge in [0.25, 0.3) is 0 Å². The molecule has 1 aliphatic heterocycles. The van der Waals surface area contributed by atoms with Gasteiger partial charge in [-0.3, -0.25) is 0 Å². The average Bonchev–Trinajstić information content (AvgIpc) is 3.36. The Morgan fingerprint density at radius 1 is 1.13 bits per heavy atom. The van der Waals surface area contributed by atoms with Crippen LogP contribution in [0, 0.1) is 5.92 Å². The molecule has 3 heterocycles. The van der Waals surface area contributed by atoms with Crippen LogP contribution in [0.1, 0.15) is 48.4 Å². The van der Waals surface area contributed by atoms with Gasteiger partial charge in [0.05, 0.1) is 5.39 Å². The summed E-state index contributed by atoms with van der Waals surface area (Å²) in [5, 5.41) is 4.85. The van der Waals surface area contributed by atoms with Crippen LogP contribution in [-0.2, 0) is 12.8 Å². The van der Waals surface area contributed by atoms with Gasteiger partial charge in [0, 0.05) is 37.0 Å². The summed E-state index contributed by atoms with van der Waals surface area (Å²) in [5.74, 6) is 3.79. The van der Waals surface area contributed by atoms with Crippen LogP contribution in [0.5, 0.6) is 0 Å². The minimum absolute atomic E-state index is 0.624. The van der Waals surface area contributed by atoms with Crippen molar-refractivity contribution in [1.82, 2.24) is 15.3 Å². The molecule has 23 heavy (non-hydrogen) atoms. The van der Waals surface area contributed by atoms with Crippen LogP contribution in [0.2, 0.25) is 0 Å². The van der Waals surface area contributed by atoms with Crippen molar-refractivity contribution in [3.63, 3.8) is 0 Å². The van der Waals surface area contributed by atoms with E-state index in [9.17, 15) is 0 Å². The Labute approximate surface area is 141 Å². The molecule has 5 rings (SSSR count). The van der Waals surface area contributed by atoms with Crippen LogP contribution in [0.15, 0.2) is 0 Å². The number of hydrogen-bond acceptors (Lipinski definition) is 5. The Morgan fingerprint density at radius 3 is 2.74 bits per heavy atom. The number of rotatable bonds is 2. The van der Waals surface area contributed by atoms with Crippen molar-refractivity contribution in [3.05, 3.63) is 16.3 Å². The van der Waals surface area contributed by atoms with E-state index in [4.69, 9.17) is 9.97 Å². The first-order chi connectivity index (χ1) is 11.3. The molecule has 2 aliphatic carbocycles. The van der Waals surface area contributed by atoms with E-state index in [1.807, 2.05) is 11.3 Å². The van der Waals surface area contributed by atoms with Crippen LogP contribution in [0.4, 0.5) is 5.82 Å². The van der Waals surface area contributed by atoms with Crippen LogP contribution >= 0.6 is 11.3 Å². The molecule has 122 valence electrons. The standard InChI is InChI=1S/C18H24N4S/c1-11-2-5-13-14(10-11)23-18-15(13)17(22-8-6-19-7-9-22)20-16(21-18)12-3-4-12/h11-12,19H,2-10H2,1H3. The lowest BCUT2D eigenvalue weighted by Gasteiger charge is -2.29. The highest BCUT2D eigenvalue weighted by atomic mass is 32.1. The van der Waals surface area contributed by atoms with Crippen molar-refractivity contribution in [3.8, 4) is 0 Å². The second-order valence-corrected chi connectivity index (χ2v) is 8.53. The third kappa shape index (κ3) is 2.45. The Bertz CT molecular complexity index is 743. The van der Waals surface area contributed by atoms with Gasteiger partial charge in [0.1, 0.15) is 16.5 Å². The minimum atomic E-state index is 0.624. The van der Waals surface area contributed by atoms with Gasteiger partial charge in [-0.2, -0.15) is 0 Å². The minimum Gasteiger partial charge on any atom is -0.353 e. The first kappa shape index (κ1) is 14.2. The van der Waals surface area contributed by atoms with E-state index in [2.05, 4.69) is 17.1 Å². The summed E-state index contributed by atoms with van der Waals surface area (Å²) < 4.78 is 0. The Balaban J connectivity index is 1.69. The summed E-state index contributed by atoms with van der Waals surface area (Å²) >= 11 is 1.95. The van der Waals surface area contributed by atoms with Crippen molar-refractivity contribution >= 4 is 27.4 Å². The molecular formula is C18H24N4S. The summed E-state index contributed by atoms with van der Waals surface area (Å²) in [7, 11) is 0. The van der Waals surface area contributed by atoms with Gasteiger partial charge in [0.15, 0.2) is 0 Å². The Hall–Kier alpha value is -1.20. The zero-order chi connectivity index (χ0) is 15.4. The molecule has 1 unspecified atom stereocenters. The molecule has 0 aromatic carbocycles. The van der Waals surface area contributed by atoms with Gasteiger partial charge in [-0.05, 0) is 43.6 Å². The molecule has 0 amide bonds. The molecular weight excluding hydrogens is 304 g/mol. The van der Waals surface area contributed by atoms with Crippen LogP contribution in [-0.4, -0.2) is 36.1 Å². The van der Waals surface area contributed by atoms with E-state index < -0.39 is 0 Å². The molecule has 0 bridgehead atoms. The molecule has 2 fully saturated rings. The number of nitrogens with zero attached hydrogens (tertiary/aromatic N) is 3. The molecule has 3 aliphatic rings. The number of aromatic nitrogens is 2. The number of aryl methyl sites for hydroxylation is 1. The van der Waals surface area contributed by atoms with Crippen molar-refractivity contribution in [2.24, 2.45) is 5.92 Å². The maximum atomic E-state index is 5.08. The molecule has 1 N–H and O–H groups in total. The fourth-order valence-electron chi connectivity index (χ4n) is 3.97. The van der Waals surface area contributed by atoms with E-state index in [1.54, 1.807) is 10.4 Å². The van der Waals surface area contributed by atoms with Crippen LogP contribution in [0.25, 0.3) is 10.2 Å². The SMILES string of the molecule is CC1CCc2c(sc3nc(C4CC4)nc(N4CCNCC4)c23)C1. The third-order valence-corrected chi connectivity index (χ3v) is 6.66. The lowest BCUT2D eigenvalue weighted by atomic mass is 9.89. The molecule has 1 saturated carbocycles. The molecule has 5 heteroatoms. The molecule has 0 spiro atoms. The van der Waals surface area contributed by atoms with Crippen molar-refractivity contribution < 1.29 is 0 Å². The summed E-state index contributed by atoms with van der Waals surface area (Å²) in [6, 6.07) is 0. The smallest absolute Gasteiger partial charge is 0.141 e. The third-order valence-electron chi connectivity index (χ3n) is 5.51. The molecule has 2 aromatic heterocycles. The highest BCUT2D eigenvalue weighted by Crippen LogP contribution is 2.44. The van der Waals surface area contributed by atoms with Gasteiger partial charge in [-0.15, -0.1) is 11.3 Å². The number of piperazine rings is 1. The van der Waals surface area contributed by atoms with Crippen molar-refractivity contribution in [2.45, 2.75) is 44.9 Å². The van der Waals surface area contributed by atoms with E-state index in [0.29, 0.717) is 5.92 Å². The van der Waals surface area contributed by atoms with E-state index >= 15 is 0 Å². The monoisotopic (exact) mass is 328 g/mol. The first-order valence-electron chi connectivity index (χ1n) is 9.07. The number of anilines is 1. The van der Waals surface area contributed by atoms with Gasteiger partial charge in [0.2, 0.25) is 0 Å². The second-order valence-electron chi connectivity index (χ2n) is 7.45. The lowest BCUT2D eigenvalue weighted by molar-refractivity contribution is 0.509. The Morgan fingerprint density at radius 2 is 1.96 bits per heavy atom. The van der Waals surface area contributed by atoms with E-state index in [1.165, 1.54) is 48.1 Å². The second kappa shape index (κ2) is 5.42. The highest BCUT2D eigenvalue weighted by molar-refractivity contribution is 7.19. The first-order valence-corrected chi connectivity index (χ1v) is 9.89. The van der Waals surface area contributed by atoms with Gasteiger partial charge in [-0.1, -0.05) is 6.92 Å². The number of nitrogens with one attached hydrogen (secondary N) is 1.